The molecule has 88 valence electrons. The number of nitrogens with one attached hydrogen (secondary N) is 1. The van der Waals surface area contributed by atoms with Crippen LogP contribution in [0, 0.1) is 6.92 Å². The second-order valence-electron chi connectivity index (χ2n) is 3.77. The molecule has 0 amide bonds. The van der Waals surface area contributed by atoms with E-state index in [0.717, 1.165) is 11.5 Å². The zero-order valence-electron chi connectivity index (χ0n) is 9.78. The lowest BCUT2D eigenvalue weighted by atomic mass is 10.2. The van der Waals surface area contributed by atoms with Crippen LogP contribution in [0.1, 0.15) is 31.4 Å². The molecule has 1 heterocycles. The number of hydrogen-bond donors (Lipinski definition) is 2. The zero-order chi connectivity index (χ0) is 12.1. The minimum atomic E-state index is -0.886. The summed E-state index contributed by atoms with van der Waals surface area (Å²) in [6, 6.07) is 3.90. The first-order valence-corrected chi connectivity index (χ1v) is 5.20. The molecule has 4 nitrogen and oxygen atoms in total. The summed E-state index contributed by atoms with van der Waals surface area (Å²) in [7, 11) is 0. The van der Waals surface area contributed by atoms with Crippen molar-refractivity contribution < 1.29 is 14.3 Å². The van der Waals surface area contributed by atoms with Gasteiger partial charge in [0.2, 0.25) is 0 Å². The van der Waals surface area contributed by atoms with Crippen molar-refractivity contribution in [1.82, 2.24) is 5.32 Å². The van der Waals surface area contributed by atoms with Crippen LogP contribution in [-0.2, 0) is 4.79 Å². The van der Waals surface area contributed by atoms with E-state index in [9.17, 15) is 4.79 Å². The van der Waals surface area contributed by atoms with Gasteiger partial charge in [0.05, 0.1) is 6.04 Å². The van der Waals surface area contributed by atoms with Crippen LogP contribution in [0.5, 0.6) is 0 Å². The number of carboxylic acids is 1. The molecule has 0 aliphatic heterocycles. The Morgan fingerprint density at radius 1 is 1.62 bits per heavy atom. The fourth-order valence-corrected chi connectivity index (χ4v) is 1.26. The van der Waals surface area contributed by atoms with Gasteiger partial charge in [-0.3, -0.25) is 0 Å². The molecule has 1 unspecified atom stereocenters. The molecule has 0 aliphatic carbocycles. The molecule has 0 aromatic carbocycles. The van der Waals surface area contributed by atoms with E-state index >= 15 is 0 Å². The quantitative estimate of drug-likeness (QED) is 0.752. The summed E-state index contributed by atoms with van der Waals surface area (Å²) in [4.78, 5) is 10.5. The van der Waals surface area contributed by atoms with E-state index in [1.165, 1.54) is 0 Å². The highest BCUT2D eigenvalue weighted by Gasteiger charge is 2.07. The predicted octanol–water partition coefficient (Wildman–Crippen LogP) is 2.27. The average Bonchev–Trinajstić information content (AvgIpc) is 2.64. The molecule has 0 aliphatic rings. The summed E-state index contributed by atoms with van der Waals surface area (Å²) in [5, 5.41) is 11.8. The molecule has 4 heteroatoms. The average molecular weight is 223 g/mol. The second kappa shape index (κ2) is 5.51. The van der Waals surface area contributed by atoms with Crippen molar-refractivity contribution >= 4 is 5.97 Å². The number of aryl methyl sites for hydroxylation is 1. The predicted molar refractivity (Wildman–Crippen MR) is 61.3 cm³/mol. The maximum Gasteiger partial charge on any atom is 0.330 e. The summed E-state index contributed by atoms with van der Waals surface area (Å²) in [5.41, 5.74) is 0.343. The first kappa shape index (κ1) is 12.5. The zero-order valence-corrected chi connectivity index (χ0v) is 9.78. The van der Waals surface area contributed by atoms with Gasteiger partial charge in [-0.15, -0.1) is 0 Å². The third-order valence-corrected chi connectivity index (χ3v) is 2.36. The van der Waals surface area contributed by atoms with E-state index in [1.54, 1.807) is 13.0 Å². The minimum absolute atomic E-state index is 0.0755. The normalized spacial score (nSPS) is 13.8. The molecule has 0 spiro atoms. The number of carboxylic acid groups (broad SMARTS) is 1. The van der Waals surface area contributed by atoms with Gasteiger partial charge in [-0.2, -0.15) is 0 Å². The number of hydrogen-bond acceptors (Lipinski definition) is 3. The third kappa shape index (κ3) is 3.55. The second-order valence-corrected chi connectivity index (χ2v) is 3.77. The van der Waals surface area contributed by atoms with Gasteiger partial charge in [-0.1, -0.05) is 6.08 Å². The maximum absolute atomic E-state index is 10.5. The van der Waals surface area contributed by atoms with Gasteiger partial charge < -0.3 is 14.8 Å². The Morgan fingerprint density at radius 3 is 2.81 bits per heavy atom. The van der Waals surface area contributed by atoms with Crippen LogP contribution < -0.4 is 5.32 Å². The molecular weight excluding hydrogens is 206 g/mol. The number of carbonyl (C=O) groups is 1. The van der Waals surface area contributed by atoms with E-state index in [4.69, 9.17) is 9.52 Å². The highest BCUT2D eigenvalue weighted by Crippen LogP contribution is 2.15. The topological polar surface area (TPSA) is 62.5 Å². The minimum Gasteiger partial charge on any atom is -0.478 e. The van der Waals surface area contributed by atoms with Crippen LogP contribution in [0.2, 0.25) is 0 Å². The van der Waals surface area contributed by atoms with Crippen molar-refractivity contribution in [1.29, 1.82) is 0 Å². The lowest BCUT2D eigenvalue weighted by molar-refractivity contribution is -0.132. The van der Waals surface area contributed by atoms with E-state index in [-0.39, 0.29) is 6.04 Å². The maximum atomic E-state index is 10.5. The summed E-state index contributed by atoms with van der Waals surface area (Å²) in [6.07, 6.45) is 1.65. The van der Waals surface area contributed by atoms with Crippen LogP contribution in [-0.4, -0.2) is 17.6 Å². The molecule has 1 rings (SSSR count). The van der Waals surface area contributed by atoms with Gasteiger partial charge in [0.15, 0.2) is 0 Å². The first-order valence-electron chi connectivity index (χ1n) is 5.20. The van der Waals surface area contributed by atoms with Crippen molar-refractivity contribution in [2.45, 2.75) is 26.8 Å². The fourth-order valence-electron chi connectivity index (χ4n) is 1.26. The Morgan fingerprint density at radius 2 is 2.31 bits per heavy atom. The molecule has 0 radical (unpaired) electrons. The van der Waals surface area contributed by atoms with Crippen LogP contribution in [0.25, 0.3) is 0 Å². The van der Waals surface area contributed by atoms with Gasteiger partial charge in [-0.05, 0) is 32.9 Å². The summed E-state index contributed by atoms with van der Waals surface area (Å²) < 4.78 is 5.45. The molecule has 1 atom stereocenters. The highest BCUT2D eigenvalue weighted by molar-refractivity contribution is 5.85. The Bertz CT molecular complexity index is 393. The number of furan rings is 1. The van der Waals surface area contributed by atoms with Gasteiger partial charge in [0, 0.05) is 12.1 Å². The van der Waals surface area contributed by atoms with Crippen LogP contribution in [0.15, 0.2) is 28.2 Å². The van der Waals surface area contributed by atoms with Gasteiger partial charge in [0.1, 0.15) is 11.5 Å². The molecule has 0 bridgehead atoms. The van der Waals surface area contributed by atoms with Crippen LogP contribution in [0.4, 0.5) is 0 Å². The largest absolute Gasteiger partial charge is 0.478 e. The summed E-state index contributed by atoms with van der Waals surface area (Å²) in [5.74, 6) is 0.850. The molecule has 0 fully saturated rings. The monoisotopic (exact) mass is 223 g/mol. The lowest BCUT2D eigenvalue weighted by Gasteiger charge is -2.09. The van der Waals surface area contributed by atoms with Crippen molar-refractivity contribution in [3.05, 3.63) is 35.3 Å². The van der Waals surface area contributed by atoms with E-state index in [1.807, 2.05) is 26.0 Å². The number of aliphatic carboxylic acids is 1. The molecule has 0 saturated carbocycles. The molecule has 2 N–H and O–H groups in total. The van der Waals surface area contributed by atoms with Gasteiger partial charge in [0.25, 0.3) is 0 Å². The van der Waals surface area contributed by atoms with Gasteiger partial charge >= 0.3 is 5.97 Å². The molecular formula is C12H17NO3. The highest BCUT2D eigenvalue weighted by atomic mass is 16.4. The Balaban J connectivity index is 2.44. The lowest BCUT2D eigenvalue weighted by Crippen LogP contribution is -2.18. The Kier molecular flexibility index (Phi) is 4.31. The molecule has 1 aromatic heterocycles. The summed E-state index contributed by atoms with van der Waals surface area (Å²) in [6.45, 7) is 5.96. The standard InChI is InChI=1S/C12H17NO3/c1-8(12(14)15)6-7-13-10(3)11-5-4-9(2)16-11/h4-6,10,13H,7H2,1-3H3,(H,14,15)/b8-6-. The van der Waals surface area contributed by atoms with E-state index in [0.29, 0.717) is 12.1 Å². The number of rotatable bonds is 5. The van der Waals surface area contributed by atoms with Crippen molar-refractivity contribution in [2.24, 2.45) is 0 Å². The fraction of sp³-hybridized carbons (Fsp3) is 0.417. The van der Waals surface area contributed by atoms with Crippen LogP contribution in [0.3, 0.4) is 0 Å². The summed E-state index contributed by atoms with van der Waals surface area (Å²) >= 11 is 0. The van der Waals surface area contributed by atoms with Crippen molar-refractivity contribution in [2.75, 3.05) is 6.54 Å². The van der Waals surface area contributed by atoms with E-state index in [2.05, 4.69) is 5.32 Å². The van der Waals surface area contributed by atoms with E-state index < -0.39 is 5.97 Å². The molecule has 0 saturated heterocycles. The molecule has 16 heavy (non-hydrogen) atoms. The third-order valence-electron chi connectivity index (χ3n) is 2.36. The SMILES string of the molecule is C/C(=C/CNC(C)c1ccc(C)o1)C(=O)O. The first-order chi connectivity index (χ1) is 7.50. The van der Waals surface area contributed by atoms with Crippen molar-refractivity contribution in [3.63, 3.8) is 0 Å². The van der Waals surface area contributed by atoms with Gasteiger partial charge in [-0.25, -0.2) is 4.79 Å². The smallest absolute Gasteiger partial charge is 0.330 e. The Labute approximate surface area is 95.0 Å². The Hall–Kier alpha value is -1.55. The van der Waals surface area contributed by atoms with Crippen LogP contribution >= 0.6 is 0 Å². The molecule has 1 aromatic rings. The van der Waals surface area contributed by atoms with Crippen molar-refractivity contribution in [3.8, 4) is 0 Å².